The summed E-state index contributed by atoms with van der Waals surface area (Å²) in [7, 11) is 0. The van der Waals surface area contributed by atoms with Crippen LogP contribution in [0.5, 0.6) is 5.75 Å². The molecule has 0 radical (unpaired) electrons. The highest BCUT2D eigenvalue weighted by molar-refractivity contribution is 6.24. The van der Waals surface area contributed by atoms with E-state index in [1.165, 1.54) is 16.7 Å². The minimum absolute atomic E-state index is 0.0449. The number of aryl methyl sites for hydroxylation is 2. The second-order valence-electron chi connectivity index (χ2n) is 21.4. The van der Waals surface area contributed by atoms with Gasteiger partial charge in [0, 0.05) is 41.7 Å². The molecule has 1 aliphatic rings. The fourth-order valence-electron chi connectivity index (χ4n) is 8.96. The average molecular weight is 1080 g/mol. The fraction of sp³-hybridized carbons (Fsp3) is 0.525. The number of phenols is 1. The van der Waals surface area contributed by atoms with Crippen LogP contribution in [0, 0.1) is 13.8 Å². The molecule has 0 bridgehead atoms. The summed E-state index contributed by atoms with van der Waals surface area (Å²) in [6.07, 6.45) is 15.8. The van der Waals surface area contributed by atoms with Gasteiger partial charge < -0.3 is 54.8 Å². The van der Waals surface area contributed by atoms with Crippen molar-refractivity contribution in [2.24, 2.45) is 33.7 Å². The standard InChI is InChI=1S/C32H49N9O5.C29H44O3/c1-19-15-22(42)16-20(2)23(19)18-27(41-29(44)24(34)11-8-14-38-32(36)37)31(46)39-25(12-6-7-13-33)30(45)40-26(28(35)43)17-21-9-4-3-5-10-21;1-20(2)12-9-13-21(3)14-10-15-22(4)16-11-18-29(8,32)19-17-26-25(7)27(30)23(5)24(6)28(26)31/h3-5,9-10,15-16,24-27,42H,6-8,11-14,17-18,33-34H2,1-2H3,(H2,35,43)(H,39,46)(H,40,45)(H,41,44)(H4,36,37,38);12,14,16,32H,9-11,13,15,17-19H2,1-8H3/b;21-14+,22-16+/t24-,25+,26+,27+;/m1./s1. The molecule has 1 unspecified atom stereocenters. The molecule has 0 heterocycles. The molecule has 0 fully saturated rings. The Morgan fingerprint density at radius 3 is 1.81 bits per heavy atom. The minimum atomic E-state index is -1.13. The summed E-state index contributed by atoms with van der Waals surface area (Å²) in [5, 5.41) is 29.0. The molecule has 2 aromatic rings. The number of amides is 4. The van der Waals surface area contributed by atoms with Crippen LogP contribution in [0.3, 0.4) is 0 Å². The highest BCUT2D eigenvalue weighted by atomic mass is 16.3. The summed E-state index contributed by atoms with van der Waals surface area (Å²) in [6, 6.07) is 8.07. The molecule has 17 nitrogen and oxygen atoms in total. The number of carbonyl (C=O) groups excluding carboxylic acids is 6. The first-order valence-corrected chi connectivity index (χ1v) is 27.4. The van der Waals surface area contributed by atoms with Crippen LogP contribution in [0.15, 0.2) is 105 Å². The first-order valence-electron chi connectivity index (χ1n) is 27.4. The second-order valence-corrected chi connectivity index (χ2v) is 21.4. The van der Waals surface area contributed by atoms with Crippen LogP contribution in [0.1, 0.15) is 161 Å². The highest BCUT2D eigenvalue weighted by Gasteiger charge is 2.32. The number of nitrogens with two attached hydrogens (primary N) is 5. The van der Waals surface area contributed by atoms with Gasteiger partial charge in [0.1, 0.15) is 23.9 Å². The monoisotopic (exact) mass is 1080 g/mol. The number of ketones is 2. The second kappa shape index (κ2) is 34.2. The van der Waals surface area contributed by atoms with Crippen LogP contribution in [0.25, 0.3) is 0 Å². The van der Waals surface area contributed by atoms with Crippen LogP contribution in [0.4, 0.5) is 0 Å². The number of aromatic hydroxyl groups is 1. The molecule has 0 aromatic heterocycles. The molecular formula is C61H93N9O8. The summed E-state index contributed by atoms with van der Waals surface area (Å²) in [5.41, 5.74) is 36.6. The number of nitrogens with one attached hydrogen (secondary N) is 3. The predicted octanol–water partition coefficient (Wildman–Crippen LogP) is 6.77. The van der Waals surface area contributed by atoms with Crippen LogP contribution in [-0.2, 0) is 41.6 Å². The number of hydrogen-bond acceptors (Lipinski definition) is 11. The lowest BCUT2D eigenvalue weighted by Crippen LogP contribution is -2.58. The third kappa shape index (κ3) is 24.8. The van der Waals surface area contributed by atoms with Crippen molar-refractivity contribution in [1.82, 2.24) is 16.0 Å². The van der Waals surface area contributed by atoms with Gasteiger partial charge in [0.25, 0.3) is 0 Å². The molecule has 78 heavy (non-hydrogen) atoms. The van der Waals surface area contributed by atoms with Gasteiger partial charge in [-0.2, -0.15) is 0 Å². The van der Waals surface area contributed by atoms with Crippen LogP contribution in [-0.4, -0.2) is 94.2 Å². The van der Waals surface area contributed by atoms with E-state index in [-0.39, 0.29) is 55.5 Å². The van der Waals surface area contributed by atoms with Crippen molar-refractivity contribution in [1.29, 1.82) is 0 Å². The summed E-state index contributed by atoms with van der Waals surface area (Å²) in [5.74, 6) is -2.60. The van der Waals surface area contributed by atoms with Crippen molar-refractivity contribution >= 4 is 41.2 Å². The van der Waals surface area contributed by atoms with Crippen molar-refractivity contribution in [3.05, 3.63) is 122 Å². The first-order chi connectivity index (χ1) is 36.7. The third-order valence-electron chi connectivity index (χ3n) is 14.1. The number of nitrogens with zero attached hydrogens (tertiary/aromatic N) is 1. The Bertz CT molecular complexity index is 2530. The molecule has 4 amide bonds. The van der Waals surface area contributed by atoms with Gasteiger partial charge in [-0.1, -0.05) is 65.3 Å². The summed E-state index contributed by atoms with van der Waals surface area (Å²) >= 11 is 0. The zero-order chi connectivity index (χ0) is 58.7. The smallest absolute Gasteiger partial charge is 0.243 e. The Kier molecular flexibility index (Phi) is 29.6. The Labute approximate surface area is 464 Å². The number of guanidine groups is 1. The van der Waals surface area contributed by atoms with Gasteiger partial charge in [-0.25, -0.2) is 0 Å². The molecule has 1 aliphatic carbocycles. The third-order valence-corrected chi connectivity index (χ3v) is 14.1. The number of phenolic OH excluding ortho intramolecular Hbond substituents is 1. The molecule has 5 atom stereocenters. The first kappa shape index (κ1) is 67.4. The van der Waals surface area contributed by atoms with E-state index >= 15 is 0 Å². The molecular weight excluding hydrogens is 987 g/mol. The van der Waals surface area contributed by atoms with Crippen molar-refractivity contribution in [2.75, 3.05) is 13.1 Å². The maximum atomic E-state index is 13.8. The zero-order valence-electron chi connectivity index (χ0n) is 48.3. The summed E-state index contributed by atoms with van der Waals surface area (Å²) in [6.45, 7) is 19.9. The van der Waals surface area contributed by atoms with Gasteiger partial charge in [-0.3, -0.25) is 33.8 Å². The average Bonchev–Trinajstić information content (AvgIpc) is 3.38. The van der Waals surface area contributed by atoms with E-state index in [1.54, 1.807) is 46.8 Å². The molecule has 0 aliphatic heterocycles. The number of carbonyl (C=O) groups is 6. The van der Waals surface area contributed by atoms with E-state index in [0.717, 1.165) is 43.2 Å². The maximum Gasteiger partial charge on any atom is 0.243 e. The normalized spacial score (nSPS) is 15.2. The largest absolute Gasteiger partial charge is 0.508 e. The number of unbranched alkanes of at least 4 members (excludes halogenated alkanes) is 1. The van der Waals surface area contributed by atoms with Crippen molar-refractivity contribution < 1.29 is 39.0 Å². The lowest BCUT2D eigenvalue weighted by molar-refractivity contribution is -0.133. The van der Waals surface area contributed by atoms with E-state index in [4.69, 9.17) is 28.7 Å². The maximum absolute atomic E-state index is 13.8. The quantitative estimate of drug-likeness (QED) is 0.0123. The lowest BCUT2D eigenvalue weighted by Gasteiger charge is -2.26. The van der Waals surface area contributed by atoms with Crippen LogP contribution < -0.4 is 44.6 Å². The van der Waals surface area contributed by atoms with E-state index in [1.807, 2.05) is 37.3 Å². The topological polar surface area (TPSA) is 321 Å². The molecule has 0 saturated carbocycles. The highest BCUT2D eigenvalue weighted by Crippen LogP contribution is 2.30. The molecule has 430 valence electrons. The van der Waals surface area contributed by atoms with Crippen molar-refractivity contribution in [2.45, 2.75) is 195 Å². The van der Waals surface area contributed by atoms with Crippen molar-refractivity contribution in [3.8, 4) is 5.75 Å². The number of Topliss-reactive ketones (excluding diaryl/α,β-unsaturated/α-hetero) is 2. The van der Waals surface area contributed by atoms with E-state index in [0.29, 0.717) is 78.5 Å². The van der Waals surface area contributed by atoms with Gasteiger partial charge in [-0.05, 0) is 194 Å². The summed E-state index contributed by atoms with van der Waals surface area (Å²) < 4.78 is 0. The van der Waals surface area contributed by atoms with Gasteiger partial charge in [-0.15, -0.1) is 0 Å². The molecule has 3 rings (SSSR count). The Morgan fingerprint density at radius 1 is 0.679 bits per heavy atom. The van der Waals surface area contributed by atoms with Gasteiger partial charge in [0.15, 0.2) is 17.5 Å². The number of hydrogen-bond donors (Lipinski definition) is 10. The van der Waals surface area contributed by atoms with Crippen molar-refractivity contribution in [3.63, 3.8) is 0 Å². The summed E-state index contributed by atoms with van der Waals surface area (Å²) in [4.78, 5) is 81.5. The number of aliphatic hydroxyl groups is 1. The van der Waals surface area contributed by atoms with Gasteiger partial charge in [0.2, 0.25) is 23.6 Å². The fourth-order valence-corrected chi connectivity index (χ4v) is 8.96. The number of primary amides is 1. The zero-order valence-corrected chi connectivity index (χ0v) is 48.3. The Hall–Kier alpha value is -6.69. The SMILES string of the molecule is CC(C)=CCC/C(C)=C/CC/C(C)=C/CCC(C)(O)CCC1=C(C)C(=O)C(C)=C(C)C1=O.Cc1cc(O)cc(C)c1C[C@H](NC(=O)[C@H](N)CCCN=C(N)N)C(=O)N[C@@H](CCCCN)C(=O)N[C@@H](Cc1ccccc1)C(N)=O. The van der Waals surface area contributed by atoms with Gasteiger partial charge >= 0.3 is 0 Å². The van der Waals surface area contributed by atoms with Crippen LogP contribution >= 0.6 is 0 Å². The predicted molar refractivity (Wildman–Crippen MR) is 313 cm³/mol. The minimum Gasteiger partial charge on any atom is -0.508 e. The molecule has 0 spiro atoms. The number of aliphatic imine (C=N–C) groups is 1. The number of rotatable bonds is 31. The molecule has 0 saturated heterocycles. The number of benzene rings is 2. The van der Waals surface area contributed by atoms with E-state index < -0.39 is 53.4 Å². The lowest BCUT2D eigenvalue weighted by atomic mass is 9.82. The van der Waals surface area contributed by atoms with E-state index in [2.05, 4.69) is 66.9 Å². The molecule has 17 heteroatoms. The molecule has 2 aromatic carbocycles. The van der Waals surface area contributed by atoms with Gasteiger partial charge in [0.05, 0.1) is 11.6 Å². The Morgan fingerprint density at radius 2 is 1.23 bits per heavy atom. The Balaban J connectivity index is 0.000000570. The van der Waals surface area contributed by atoms with E-state index in [9.17, 15) is 39.0 Å². The van der Waals surface area contributed by atoms with Crippen LogP contribution in [0.2, 0.25) is 0 Å². The molecule has 15 N–H and O–H groups in total. The number of allylic oxidation sites excluding steroid dienone is 10.